The summed E-state index contributed by atoms with van der Waals surface area (Å²) in [7, 11) is 0. The first-order valence-corrected chi connectivity index (χ1v) is 6.45. The molecule has 98 valence electrons. The molecule has 1 unspecified atom stereocenters. The number of hydrogen-bond acceptors (Lipinski definition) is 1. The average Bonchev–Trinajstić information content (AvgIpc) is 2.78. The summed E-state index contributed by atoms with van der Waals surface area (Å²) in [6.45, 7) is 2.04. The number of rotatable bonds is 2. The second-order valence-corrected chi connectivity index (χ2v) is 5.04. The molecule has 0 radical (unpaired) electrons. The van der Waals surface area contributed by atoms with Crippen molar-refractivity contribution >= 4 is 5.69 Å². The third kappa shape index (κ3) is 2.21. The molecule has 0 aliphatic heterocycles. The smallest absolute Gasteiger partial charge is 0.181 e. The van der Waals surface area contributed by atoms with Gasteiger partial charge in [-0.05, 0) is 43.0 Å². The molecule has 2 aromatic carbocycles. The fourth-order valence-electron chi connectivity index (χ4n) is 2.67. The predicted octanol–water partition coefficient (Wildman–Crippen LogP) is 4.37. The molecule has 19 heavy (non-hydrogen) atoms. The summed E-state index contributed by atoms with van der Waals surface area (Å²) in [6.07, 6.45) is 1.89. The van der Waals surface area contributed by atoms with Crippen molar-refractivity contribution in [3.05, 3.63) is 64.7 Å². The van der Waals surface area contributed by atoms with Crippen LogP contribution in [0.5, 0.6) is 0 Å². The van der Waals surface area contributed by atoms with Crippen LogP contribution in [0.15, 0.2) is 36.4 Å². The molecule has 0 saturated heterocycles. The van der Waals surface area contributed by atoms with Gasteiger partial charge in [0.25, 0.3) is 0 Å². The molecule has 2 aromatic rings. The highest BCUT2D eigenvalue weighted by Gasteiger charge is 2.23. The van der Waals surface area contributed by atoms with Crippen LogP contribution in [0.1, 0.15) is 29.2 Å². The summed E-state index contributed by atoms with van der Waals surface area (Å²) in [4.78, 5) is 0. The van der Waals surface area contributed by atoms with E-state index in [1.165, 1.54) is 22.8 Å². The van der Waals surface area contributed by atoms with Gasteiger partial charge in [-0.1, -0.05) is 29.8 Å². The van der Waals surface area contributed by atoms with Gasteiger partial charge in [0.2, 0.25) is 0 Å². The summed E-state index contributed by atoms with van der Waals surface area (Å²) in [5, 5.41) is 3.12. The molecule has 0 fully saturated rings. The number of nitrogens with one attached hydrogen (secondary N) is 1. The summed E-state index contributed by atoms with van der Waals surface area (Å²) >= 11 is 0. The van der Waals surface area contributed by atoms with Crippen LogP contribution in [-0.4, -0.2) is 0 Å². The second kappa shape index (κ2) is 4.65. The minimum atomic E-state index is -0.813. The van der Waals surface area contributed by atoms with Crippen molar-refractivity contribution in [2.24, 2.45) is 0 Å². The van der Waals surface area contributed by atoms with Gasteiger partial charge in [0.15, 0.2) is 11.6 Å². The molecule has 1 aliphatic rings. The van der Waals surface area contributed by atoms with Gasteiger partial charge in [0.1, 0.15) is 0 Å². The summed E-state index contributed by atoms with van der Waals surface area (Å²) in [5.74, 6) is -1.61. The molecule has 1 atom stereocenters. The fraction of sp³-hybridized carbons (Fsp3) is 0.250. The van der Waals surface area contributed by atoms with Crippen molar-refractivity contribution in [1.82, 2.24) is 0 Å². The van der Waals surface area contributed by atoms with Crippen molar-refractivity contribution in [2.75, 3.05) is 5.32 Å². The van der Waals surface area contributed by atoms with Gasteiger partial charge in [0, 0.05) is 0 Å². The van der Waals surface area contributed by atoms with Gasteiger partial charge >= 0.3 is 0 Å². The molecule has 0 aromatic heterocycles. The van der Waals surface area contributed by atoms with Crippen LogP contribution in [0.25, 0.3) is 0 Å². The maximum Gasteiger partial charge on any atom is 0.181 e. The minimum Gasteiger partial charge on any atom is -0.376 e. The zero-order valence-electron chi connectivity index (χ0n) is 10.7. The molecule has 0 saturated carbocycles. The lowest BCUT2D eigenvalue weighted by molar-refractivity contribution is 0.509. The van der Waals surface area contributed by atoms with E-state index in [0.29, 0.717) is 0 Å². The van der Waals surface area contributed by atoms with Gasteiger partial charge < -0.3 is 5.32 Å². The van der Waals surface area contributed by atoms with E-state index in [1.807, 2.05) is 6.92 Å². The summed E-state index contributed by atoms with van der Waals surface area (Å²) < 4.78 is 26.9. The van der Waals surface area contributed by atoms with E-state index in [1.54, 1.807) is 6.07 Å². The number of fused-ring (bicyclic) bond motifs is 1. The lowest BCUT2D eigenvalue weighted by Crippen LogP contribution is -2.09. The van der Waals surface area contributed by atoms with Gasteiger partial charge in [-0.3, -0.25) is 0 Å². The highest BCUT2D eigenvalue weighted by atomic mass is 19.2. The Balaban J connectivity index is 1.90. The molecule has 0 amide bonds. The van der Waals surface area contributed by atoms with Crippen LogP contribution >= 0.6 is 0 Å². The Kier molecular flexibility index (Phi) is 2.97. The molecule has 1 N–H and O–H groups in total. The fourth-order valence-corrected chi connectivity index (χ4v) is 2.67. The lowest BCUT2D eigenvalue weighted by Gasteiger charge is -2.16. The zero-order chi connectivity index (χ0) is 13.4. The number of anilines is 1. The van der Waals surface area contributed by atoms with Gasteiger partial charge in [-0.25, -0.2) is 8.78 Å². The molecule has 1 aliphatic carbocycles. The quantitative estimate of drug-likeness (QED) is 0.844. The SMILES string of the molecule is Cc1ccc2c(c1)C(Nc1cccc(F)c1F)CC2. The van der Waals surface area contributed by atoms with E-state index in [0.717, 1.165) is 18.9 Å². The number of halogens is 2. The normalized spacial score (nSPS) is 17.3. The maximum atomic E-state index is 13.7. The Hall–Kier alpha value is -1.90. The van der Waals surface area contributed by atoms with Crippen LogP contribution in [0.3, 0.4) is 0 Å². The third-order valence-corrected chi connectivity index (χ3v) is 3.66. The molecule has 3 heteroatoms. The molecule has 3 rings (SSSR count). The first-order valence-electron chi connectivity index (χ1n) is 6.45. The van der Waals surface area contributed by atoms with Crippen LogP contribution in [-0.2, 0) is 6.42 Å². The Labute approximate surface area is 111 Å². The molecular weight excluding hydrogens is 244 g/mol. The van der Waals surface area contributed by atoms with Gasteiger partial charge in [-0.2, -0.15) is 0 Å². The topological polar surface area (TPSA) is 12.0 Å². The van der Waals surface area contributed by atoms with E-state index in [-0.39, 0.29) is 11.7 Å². The molecule has 0 spiro atoms. The van der Waals surface area contributed by atoms with Gasteiger partial charge in [0.05, 0.1) is 11.7 Å². The molecule has 1 nitrogen and oxygen atoms in total. The highest BCUT2D eigenvalue weighted by molar-refractivity contribution is 5.50. The van der Waals surface area contributed by atoms with Crippen LogP contribution in [0.4, 0.5) is 14.5 Å². The largest absolute Gasteiger partial charge is 0.376 e. The van der Waals surface area contributed by atoms with E-state index in [2.05, 4.69) is 23.5 Å². The number of benzene rings is 2. The minimum absolute atomic E-state index is 0.0613. The summed E-state index contributed by atoms with van der Waals surface area (Å²) in [5.41, 5.74) is 3.91. The number of hydrogen-bond donors (Lipinski definition) is 1. The highest BCUT2D eigenvalue weighted by Crippen LogP contribution is 2.35. The van der Waals surface area contributed by atoms with Crippen molar-refractivity contribution < 1.29 is 8.78 Å². The van der Waals surface area contributed by atoms with E-state index in [4.69, 9.17) is 0 Å². The zero-order valence-corrected chi connectivity index (χ0v) is 10.7. The maximum absolute atomic E-state index is 13.7. The van der Waals surface area contributed by atoms with Crippen LogP contribution in [0.2, 0.25) is 0 Å². The predicted molar refractivity (Wildman–Crippen MR) is 72.2 cm³/mol. The summed E-state index contributed by atoms with van der Waals surface area (Å²) in [6, 6.07) is 10.6. The Morgan fingerprint density at radius 2 is 2.00 bits per heavy atom. The third-order valence-electron chi connectivity index (χ3n) is 3.66. The first-order chi connectivity index (χ1) is 9.15. The first kappa shape index (κ1) is 12.2. The van der Waals surface area contributed by atoms with E-state index in [9.17, 15) is 8.78 Å². The van der Waals surface area contributed by atoms with Gasteiger partial charge in [-0.15, -0.1) is 0 Å². The standard InChI is InChI=1S/C16H15F2N/c1-10-5-6-11-7-8-14(12(11)9-10)19-15-4-2-3-13(17)16(15)18/h2-6,9,14,19H,7-8H2,1H3. The van der Waals surface area contributed by atoms with Crippen molar-refractivity contribution in [3.63, 3.8) is 0 Å². The average molecular weight is 259 g/mol. The Morgan fingerprint density at radius 3 is 2.84 bits per heavy atom. The lowest BCUT2D eigenvalue weighted by atomic mass is 10.0. The molecule has 0 heterocycles. The van der Waals surface area contributed by atoms with E-state index >= 15 is 0 Å². The van der Waals surface area contributed by atoms with Crippen LogP contribution in [0, 0.1) is 18.6 Å². The van der Waals surface area contributed by atoms with Crippen molar-refractivity contribution in [2.45, 2.75) is 25.8 Å². The Morgan fingerprint density at radius 1 is 1.16 bits per heavy atom. The Bertz CT molecular complexity index is 622. The van der Waals surface area contributed by atoms with Crippen molar-refractivity contribution in [1.29, 1.82) is 0 Å². The monoisotopic (exact) mass is 259 g/mol. The second-order valence-electron chi connectivity index (χ2n) is 5.04. The van der Waals surface area contributed by atoms with Crippen LogP contribution < -0.4 is 5.32 Å². The van der Waals surface area contributed by atoms with E-state index < -0.39 is 11.6 Å². The number of aryl methyl sites for hydroxylation is 2. The van der Waals surface area contributed by atoms with Crippen molar-refractivity contribution in [3.8, 4) is 0 Å². The molecule has 0 bridgehead atoms. The molecular formula is C16H15F2N.